The minimum absolute atomic E-state index is 0.201. The molecule has 0 aliphatic carbocycles. The number of ether oxygens (including phenoxy) is 1. The van der Waals surface area contributed by atoms with E-state index in [9.17, 15) is 13.2 Å². The lowest BCUT2D eigenvalue weighted by Gasteiger charge is -2.08. The van der Waals surface area contributed by atoms with Crippen LogP contribution < -0.4 is 0 Å². The van der Waals surface area contributed by atoms with E-state index in [4.69, 9.17) is 9.29 Å². The van der Waals surface area contributed by atoms with Gasteiger partial charge in [0.1, 0.15) is 0 Å². The number of hydrogen-bond donors (Lipinski definition) is 1. The number of carbonyl (C=O) groups is 1. The van der Waals surface area contributed by atoms with Gasteiger partial charge in [0.05, 0.1) is 12.4 Å². The van der Waals surface area contributed by atoms with Crippen molar-refractivity contribution < 1.29 is 22.5 Å². The number of hydrogen-bond acceptors (Lipinski definition) is 5. The summed E-state index contributed by atoms with van der Waals surface area (Å²) in [7, 11) is 0.301. The van der Waals surface area contributed by atoms with Crippen LogP contribution in [0.1, 0.15) is 13.3 Å². The summed E-state index contributed by atoms with van der Waals surface area (Å²) in [6, 6.07) is 0. The summed E-state index contributed by atoms with van der Waals surface area (Å²) in [5, 5.41) is 0. The second-order valence-electron chi connectivity index (χ2n) is 3.40. The van der Waals surface area contributed by atoms with Crippen molar-refractivity contribution in [2.45, 2.75) is 13.3 Å². The SMILES string of the molecule is C=CC(=O)OCCCN(C)C.CCS(=O)(=O)O. The topological polar surface area (TPSA) is 83.9 Å². The molecule has 0 aliphatic heterocycles. The summed E-state index contributed by atoms with van der Waals surface area (Å²) in [4.78, 5) is 12.5. The van der Waals surface area contributed by atoms with Crippen LogP contribution in [0.4, 0.5) is 0 Å². The van der Waals surface area contributed by atoms with E-state index in [1.165, 1.54) is 13.0 Å². The maximum Gasteiger partial charge on any atom is 0.330 e. The van der Waals surface area contributed by atoms with Gasteiger partial charge in [0.25, 0.3) is 10.1 Å². The molecule has 0 aromatic heterocycles. The zero-order valence-electron chi connectivity index (χ0n) is 10.5. The van der Waals surface area contributed by atoms with Crippen LogP contribution in [0.5, 0.6) is 0 Å². The quantitative estimate of drug-likeness (QED) is 0.328. The molecule has 0 atom stereocenters. The summed E-state index contributed by atoms with van der Waals surface area (Å²) in [6.45, 7) is 6.07. The van der Waals surface area contributed by atoms with Crippen molar-refractivity contribution in [3.8, 4) is 0 Å². The first-order valence-corrected chi connectivity index (χ1v) is 6.73. The first-order chi connectivity index (χ1) is 7.72. The van der Waals surface area contributed by atoms with E-state index >= 15 is 0 Å². The average Bonchev–Trinajstić information content (AvgIpc) is 2.23. The predicted octanol–water partition coefficient (Wildman–Crippen LogP) is 0.561. The van der Waals surface area contributed by atoms with Crippen LogP contribution in [0.3, 0.4) is 0 Å². The minimum Gasteiger partial charge on any atom is -0.462 e. The monoisotopic (exact) mass is 267 g/mol. The lowest BCUT2D eigenvalue weighted by Crippen LogP contribution is -2.15. The van der Waals surface area contributed by atoms with Crippen molar-refractivity contribution in [2.24, 2.45) is 0 Å². The fourth-order valence-electron chi connectivity index (χ4n) is 0.612. The van der Waals surface area contributed by atoms with E-state index in [-0.39, 0.29) is 11.7 Å². The van der Waals surface area contributed by atoms with E-state index in [0.29, 0.717) is 6.61 Å². The lowest BCUT2D eigenvalue weighted by atomic mass is 10.4. The normalized spacial score (nSPS) is 10.4. The fourth-order valence-corrected chi connectivity index (χ4v) is 0.612. The van der Waals surface area contributed by atoms with Gasteiger partial charge in [-0.1, -0.05) is 6.58 Å². The Bertz CT molecular complexity index is 311. The Hall–Kier alpha value is -0.920. The van der Waals surface area contributed by atoms with E-state index in [0.717, 1.165) is 13.0 Å². The van der Waals surface area contributed by atoms with Crippen molar-refractivity contribution in [1.29, 1.82) is 0 Å². The molecule has 6 nitrogen and oxygen atoms in total. The molecular weight excluding hydrogens is 246 g/mol. The molecule has 102 valence electrons. The molecule has 0 saturated carbocycles. The van der Waals surface area contributed by atoms with Gasteiger partial charge in [0, 0.05) is 12.6 Å². The fraction of sp³-hybridized carbons (Fsp3) is 0.700. The molecule has 0 radical (unpaired) electrons. The van der Waals surface area contributed by atoms with Crippen LogP contribution in [0.2, 0.25) is 0 Å². The highest BCUT2D eigenvalue weighted by Crippen LogP contribution is 1.86. The highest BCUT2D eigenvalue weighted by Gasteiger charge is 1.95. The summed E-state index contributed by atoms with van der Waals surface area (Å²) < 4.78 is 31.7. The van der Waals surface area contributed by atoms with Crippen molar-refractivity contribution in [2.75, 3.05) is 33.0 Å². The molecule has 7 heteroatoms. The third-order valence-electron chi connectivity index (χ3n) is 1.53. The first-order valence-electron chi connectivity index (χ1n) is 5.12. The van der Waals surface area contributed by atoms with E-state index in [1.807, 2.05) is 19.0 Å². The maximum atomic E-state index is 10.5. The zero-order chi connectivity index (χ0) is 13.9. The van der Waals surface area contributed by atoms with Crippen molar-refractivity contribution in [1.82, 2.24) is 4.90 Å². The summed E-state index contributed by atoms with van der Waals surface area (Å²) in [5.41, 5.74) is 0. The van der Waals surface area contributed by atoms with E-state index in [1.54, 1.807) is 0 Å². The molecule has 0 aromatic carbocycles. The predicted molar refractivity (Wildman–Crippen MR) is 66.4 cm³/mol. The molecule has 17 heavy (non-hydrogen) atoms. The third kappa shape index (κ3) is 21.0. The molecular formula is C10H21NO5S. The highest BCUT2D eigenvalue weighted by atomic mass is 32.2. The maximum absolute atomic E-state index is 10.5. The van der Waals surface area contributed by atoms with Crippen LogP contribution in [-0.4, -0.2) is 56.8 Å². The van der Waals surface area contributed by atoms with E-state index < -0.39 is 10.1 Å². The molecule has 0 aromatic rings. The Balaban J connectivity index is 0. The molecule has 0 bridgehead atoms. The Kier molecular flexibility index (Phi) is 11.1. The Morgan fingerprint density at radius 2 is 1.94 bits per heavy atom. The molecule has 0 fully saturated rings. The molecule has 0 rings (SSSR count). The highest BCUT2D eigenvalue weighted by molar-refractivity contribution is 7.85. The zero-order valence-corrected chi connectivity index (χ0v) is 11.4. The van der Waals surface area contributed by atoms with Gasteiger partial charge in [0.2, 0.25) is 0 Å². The second-order valence-corrected chi connectivity index (χ2v) is 5.14. The summed E-state index contributed by atoms with van der Waals surface area (Å²) in [6.07, 6.45) is 2.04. The van der Waals surface area contributed by atoms with Crippen molar-refractivity contribution in [3.63, 3.8) is 0 Å². The van der Waals surface area contributed by atoms with Crippen LogP contribution in [0.25, 0.3) is 0 Å². The molecule has 0 spiro atoms. The van der Waals surface area contributed by atoms with Crippen molar-refractivity contribution in [3.05, 3.63) is 12.7 Å². The van der Waals surface area contributed by atoms with E-state index in [2.05, 4.69) is 6.58 Å². The Morgan fingerprint density at radius 1 is 1.47 bits per heavy atom. The van der Waals surface area contributed by atoms with Gasteiger partial charge in [-0.3, -0.25) is 4.55 Å². The number of carbonyl (C=O) groups excluding carboxylic acids is 1. The molecule has 1 N–H and O–H groups in total. The van der Waals surface area contributed by atoms with Gasteiger partial charge < -0.3 is 9.64 Å². The van der Waals surface area contributed by atoms with Crippen molar-refractivity contribution >= 4 is 16.1 Å². The third-order valence-corrected chi connectivity index (χ3v) is 2.26. The van der Waals surface area contributed by atoms with Crippen LogP contribution in [0.15, 0.2) is 12.7 Å². The number of nitrogens with zero attached hydrogens (tertiary/aromatic N) is 1. The smallest absolute Gasteiger partial charge is 0.330 e. The van der Waals surface area contributed by atoms with Gasteiger partial charge in [-0.25, -0.2) is 4.79 Å². The average molecular weight is 267 g/mol. The molecule has 0 unspecified atom stereocenters. The van der Waals surface area contributed by atoms with Gasteiger partial charge in [-0.2, -0.15) is 8.42 Å². The van der Waals surface area contributed by atoms with Crippen LogP contribution in [0, 0.1) is 0 Å². The van der Waals surface area contributed by atoms with Gasteiger partial charge in [0.15, 0.2) is 0 Å². The Morgan fingerprint density at radius 3 is 2.24 bits per heavy atom. The van der Waals surface area contributed by atoms with Gasteiger partial charge >= 0.3 is 5.97 Å². The standard InChI is InChI=1S/C8H15NO2.C2H6O3S/c1-4-8(10)11-7-5-6-9(2)3;1-2-6(3,4)5/h4H,1,5-7H2,2-3H3;2H2,1H3,(H,3,4,5). The number of esters is 1. The summed E-state index contributed by atoms with van der Waals surface area (Å²) in [5.74, 6) is -0.545. The van der Waals surface area contributed by atoms with Crippen LogP contribution in [-0.2, 0) is 19.6 Å². The van der Waals surface area contributed by atoms with Gasteiger partial charge in [-0.15, -0.1) is 0 Å². The lowest BCUT2D eigenvalue weighted by molar-refractivity contribution is -0.137. The van der Waals surface area contributed by atoms with Gasteiger partial charge in [-0.05, 0) is 27.4 Å². The molecule has 0 amide bonds. The minimum atomic E-state index is -3.66. The molecule has 0 saturated heterocycles. The first kappa shape index (κ1) is 18.4. The number of rotatable bonds is 6. The summed E-state index contributed by atoms with van der Waals surface area (Å²) >= 11 is 0. The largest absolute Gasteiger partial charge is 0.462 e. The second kappa shape index (κ2) is 10.2. The molecule has 0 aliphatic rings. The Labute approximate surface area is 103 Å². The molecule has 0 heterocycles. The van der Waals surface area contributed by atoms with Crippen LogP contribution >= 0.6 is 0 Å².